The average Bonchev–Trinajstić information content (AvgIpc) is 3.57. The number of nitrogens with zero attached hydrogens (tertiary/aromatic N) is 1. The summed E-state index contributed by atoms with van der Waals surface area (Å²) >= 11 is 1.90. The Morgan fingerprint density at radius 1 is 0.562 bits per heavy atom. The van der Waals surface area contributed by atoms with Crippen LogP contribution in [0.15, 0.2) is 144 Å². The van der Waals surface area contributed by atoms with E-state index in [0.717, 1.165) is 17.1 Å². The molecule has 1 aromatic heterocycles. The molecule has 6 aromatic carbocycles. The number of aromatic nitrogens is 1. The highest BCUT2D eigenvalue weighted by atomic mass is 32.2. The second kappa shape index (κ2) is 9.40. The minimum Gasteiger partial charge on any atom is -0.458 e. The molecular formula is C44H28BNOS. The topological polar surface area (TPSA) is 22.1 Å². The number of fused-ring (bicyclic) bond motifs is 14. The maximum Gasteiger partial charge on any atom is 0.253 e. The number of rotatable bonds is 1. The summed E-state index contributed by atoms with van der Waals surface area (Å²) in [6, 6.07) is 45.7. The van der Waals surface area contributed by atoms with Crippen LogP contribution in [-0.2, 0) is 5.41 Å². The van der Waals surface area contributed by atoms with Gasteiger partial charge in [0.05, 0.1) is 5.41 Å². The van der Waals surface area contributed by atoms with Gasteiger partial charge in [0.1, 0.15) is 11.5 Å². The van der Waals surface area contributed by atoms with E-state index in [9.17, 15) is 0 Å². The molecule has 2 aliphatic heterocycles. The first-order valence-electron chi connectivity index (χ1n) is 16.6. The van der Waals surface area contributed by atoms with E-state index in [2.05, 4.69) is 134 Å². The summed E-state index contributed by atoms with van der Waals surface area (Å²) in [4.78, 5) is 7.09. The van der Waals surface area contributed by atoms with Crippen LogP contribution in [0.25, 0.3) is 33.4 Å². The number of hydrogen-bond acceptors (Lipinski definition) is 3. The summed E-state index contributed by atoms with van der Waals surface area (Å²) in [5.41, 5.74) is 19.0. The highest BCUT2D eigenvalue weighted by molar-refractivity contribution is 8.00. The predicted molar refractivity (Wildman–Crippen MR) is 197 cm³/mol. The number of benzene rings is 6. The van der Waals surface area contributed by atoms with Crippen molar-refractivity contribution in [1.29, 1.82) is 0 Å². The molecule has 2 nitrogen and oxygen atoms in total. The lowest BCUT2D eigenvalue weighted by Crippen LogP contribution is -2.58. The Hall–Kier alpha value is -5.32. The van der Waals surface area contributed by atoms with Crippen molar-refractivity contribution in [3.63, 3.8) is 0 Å². The third-order valence-corrected chi connectivity index (χ3v) is 12.1. The molecule has 1 atom stereocenters. The fourth-order valence-corrected chi connectivity index (χ4v) is 10.4. The molecule has 7 aromatic rings. The number of aryl methyl sites for hydroxylation is 2. The SMILES string of the molecule is Cc1cc2c3c(c1)Sc1cc4c(cc1B3c1cc(C)ccc1O2)-c1ccccc1[C@@]41c2ccccc2-c2ccc(-c3cccnc3)cc21. The molecule has 0 bridgehead atoms. The predicted octanol–water partition coefficient (Wildman–Crippen LogP) is 8.80. The third-order valence-electron chi connectivity index (χ3n) is 11.0. The number of hydrogen-bond donors (Lipinski definition) is 0. The van der Waals surface area contributed by atoms with E-state index >= 15 is 0 Å². The lowest BCUT2D eigenvalue weighted by atomic mass is 9.35. The molecule has 1 spiro atoms. The van der Waals surface area contributed by atoms with Crippen molar-refractivity contribution in [3.8, 4) is 44.9 Å². The summed E-state index contributed by atoms with van der Waals surface area (Å²) in [6.07, 6.45) is 3.82. The minimum atomic E-state index is -0.423. The lowest BCUT2D eigenvalue weighted by molar-refractivity contribution is 0.485. The zero-order chi connectivity index (χ0) is 31.7. The van der Waals surface area contributed by atoms with Crippen LogP contribution in [0.5, 0.6) is 11.5 Å². The van der Waals surface area contributed by atoms with Crippen molar-refractivity contribution in [3.05, 3.63) is 167 Å². The fraction of sp³-hybridized carbons (Fsp3) is 0.0682. The van der Waals surface area contributed by atoms with Crippen LogP contribution in [0.4, 0.5) is 0 Å². The number of pyridine rings is 1. The van der Waals surface area contributed by atoms with Crippen LogP contribution < -0.4 is 21.1 Å². The molecule has 4 heteroatoms. The van der Waals surface area contributed by atoms with Crippen molar-refractivity contribution in [2.24, 2.45) is 0 Å². The van der Waals surface area contributed by atoms with Gasteiger partial charge in [-0.3, -0.25) is 4.98 Å². The van der Waals surface area contributed by atoms with E-state index in [1.165, 1.54) is 87.4 Å². The van der Waals surface area contributed by atoms with Gasteiger partial charge in [-0.1, -0.05) is 108 Å². The fourth-order valence-electron chi connectivity index (χ4n) is 9.09. The zero-order valence-corrected chi connectivity index (χ0v) is 27.4. The summed E-state index contributed by atoms with van der Waals surface area (Å²) in [7, 11) is 0. The smallest absolute Gasteiger partial charge is 0.253 e. The Labute approximate surface area is 284 Å². The second-order valence-corrected chi connectivity index (χ2v) is 14.7. The van der Waals surface area contributed by atoms with Crippen molar-refractivity contribution in [2.75, 3.05) is 0 Å². The molecule has 3 heterocycles. The monoisotopic (exact) mass is 629 g/mol. The first kappa shape index (κ1) is 26.7. The van der Waals surface area contributed by atoms with Crippen molar-refractivity contribution >= 4 is 34.9 Å². The first-order chi connectivity index (χ1) is 23.6. The number of ether oxygens (including phenoxy) is 1. The van der Waals surface area contributed by atoms with Crippen molar-refractivity contribution in [1.82, 2.24) is 4.98 Å². The van der Waals surface area contributed by atoms with Crippen LogP contribution in [0.3, 0.4) is 0 Å². The summed E-state index contributed by atoms with van der Waals surface area (Å²) < 4.78 is 6.61. The maximum atomic E-state index is 6.61. The largest absolute Gasteiger partial charge is 0.458 e. The van der Waals surface area contributed by atoms with Crippen LogP contribution >= 0.6 is 11.8 Å². The average molecular weight is 630 g/mol. The quantitative estimate of drug-likeness (QED) is 0.170. The Bertz CT molecular complexity index is 2560. The molecule has 48 heavy (non-hydrogen) atoms. The van der Waals surface area contributed by atoms with Gasteiger partial charge < -0.3 is 4.74 Å². The maximum absolute atomic E-state index is 6.61. The molecular weight excluding hydrogens is 601 g/mol. The molecule has 0 fully saturated rings. The van der Waals surface area contributed by atoms with E-state index in [1.54, 1.807) is 0 Å². The first-order valence-corrected chi connectivity index (χ1v) is 17.4. The van der Waals surface area contributed by atoms with E-state index in [1.807, 2.05) is 30.2 Å². The van der Waals surface area contributed by atoms with E-state index < -0.39 is 5.41 Å². The van der Waals surface area contributed by atoms with E-state index in [0.29, 0.717) is 0 Å². The minimum absolute atomic E-state index is 0.116. The van der Waals surface area contributed by atoms with Crippen LogP contribution in [-0.4, -0.2) is 11.7 Å². The lowest BCUT2D eigenvalue weighted by Gasteiger charge is -2.35. The molecule has 4 aliphatic rings. The zero-order valence-electron chi connectivity index (χ0n) is 26.5. The Balaban J connectivity index is 1.23. The highest BCUT2D eigenvalue weighted by Crippen LogP contribution is 2.63. The molecule has 0 saturated carbocycles. The van der Waals surface area contributed by atoms with E-state index in [-0.39, 0.29) is 6.71 Å². The van der Waals surface area contributed by atoms with Gasteiger partial charge in [-0.05, 0) is 122 Å². The molecule has 224 valence electrons. The van der Waals surface area contributed by atoms with Crippen LogP contribution in [0.2, 0.25) is 0 Å². The van der Waals surface area contributed by atoms with Gasteiger partial charge in [-0.15, -0.1) is 0 Å². The van der Waals surface area contributed by atoms with Crippen LogP contribution in [0.1, 0.15) is 33.4 Å². The van der Waals surface area contributed by atoms with Crippen LogP contribution in [0, 0.1) is 13.8 Å². The molecule has 0 amide bonds. The molecule has 0 radical (unpaired) electrons. The Morgan fingerprint density at radius 2 is 1.33 bits per heavy atom. The standard InChI is InChI=1S/C44H28BNOS/c1-25-13-16-39-37(18-25)45-38-22-32-30-10-4-6-12-34(30)44(36(32)23-41(38)48-42-20-26(2)19-40(47-39)43(42)45)33-11-5-3-9-29(33)31-15-14-27(21-35(31)44)28-8-7-17-46-24-28/h3-24H,1-2H3/t44-/m1/s1. The van der Waals surface area contributed by atoms with Gasteiger partial charge in [-0.25, -0.2) is 0 Å². The van der Waals surface area contributed by atoms with E-state index in [4.69, 9.17) is 4.74 Å². The van der Waals surface area contributed by atoms with Gasteiger partial charge in [-0.2, -0.15) is 0 Å². The molecule has 0 unspecified atom stereocenters. The van der Waals surface area contributed by atoms with Gasteiger partial charge in [0.25, 0.3) is 6.71 Å². The Morgan fingerprint density at radius 3 is 2.15 bits per heavy atom. The Kier molecular flexibility index (Phi) is 5.23. The third kappa shape index (κ3) is 3.33. The normalized spacial score (nSPS) is 16.7. The van der Waals surface area contributed by atoms with Crippen molar-refractivity contribution in [2.45, 2.75) is 29.1 Å². The van der Waals surface area contributed by atoms with Gasteiger partial charge >= 0.3 is 0 Å². The second-order valence-electron chi connectivity index (χ2n) is 13.6. The molecule has 0 N–H and O–H groups in total. The summed E-state index contributed by atoms with van der Waals surface area (Å²) in [6.45, 7) is 4.47. The summed E-state index contributed by atoms with van der Waals surface area (Å²) in [5.74, 6) is 1.95. The van der Waals surface area contributed by atoms with Gasteiger partial charge in [0.2, 0.25) is 0 Å². The molecule has 11 rings (SSSR count). The van der Waals surface area contributed by atoms with Gasteiger partial charge in [0, 0.05) is 22.2 Å². The van der Waals surface area contributed by atoms with Crippen molar-refractivity contribution < 1.29 is 4.74 Å². The summed E-state index contributed by atoms with van der Waals surface area (Å²) in [5, 5.41) is 0. The van der Waals surface area contributed by atoms with Gasteiger partial charge in [0.15, 0.2) is 0 Å². The molecule has 2 aliphatic carbocycles. The molecule has 0 saturated heterocycles. The highest BCUT2D eigenvalue weighted by Gasteiger charge is 2.53.